The number of rotatable bonds is 10. The van der Waals surface area contributed by atoms with Gasteiger partial charge in [0.1, 0.15) is 0 Å². The monoisotopic (exact) mass is 302 g/mol. The van der Waals surface area contributed by atoms with Crippen molar-refractivity contribution in [3.8, 4) is 0 Å². The minimum absolute atomic E-state index is 0.662. The van der Waals surface area contributed by atoms with E-state index in [1.54, 1.807) is 0 Å². The molecule has 0 aromatic heterocycles. The number of hydrogen-bond acceptors (Lipinski definition) is 2. The van der Waals surface area contributed by atoms with E-state index in [0.717, 1.165) is 19.0 Å². The van der Waals surface area contributed by atoms with Crippen molar-refractivity contribution < 1.29 is 0 Å². The van der Waals surface area contributed by atoms with Gasteiger partial charge in [-0.25, -0.2) is 0 Å². The van der Waals surface area contributed by atoms with Crippen molar-refractivity contribution >= 4 is 0 Å². The summed E-state index contributed by atoms with van der Waals surface area (Å²) in [4.78, 5) is 2.61. The van der Waals surface area contributed by atoms with E-state index in [-0.39, 0.29) is 0 Å². The van der Waals surface area contributed by atoms with Gasteiger partial charge in [0.2, 0.25) is 0 Å². The molecule has 2 nitrogen and oxygen atoms in total. The average Bonchev–Trinajstić information content (AvgIpc) is 3.04. The number of nitrogens with zero attached hydrogens (tertiary/aromatic N) is 1. The normalized spacial score (nSPS) is 17.2. The Morgan fingerprint density at radius 2 is 1.77 bits per heavy atom. The fourth-order valence-electron chi connectivity index (χ4n) is 3.36. The molecule has 0 aliphatic carbocycles. The second kappa shape index (κ2) is 10.0. The van der Waals surface area contributed by atoms with Crippen LogP contribution in [0.5, 0.6) is 0 Å². The largest absolute Gasteiger partial charge is 0.316 e. The fourth-order valence-corrected chi connectivity index (χ4v) is 3.36. The van der Waals surface area contributed by atoms with Crippen LogP contribution in [0.25, 0.3) is 0 Å². The number of nitrogens with one attached hydrogen (secondary N) is 1. The summed E-state index contributed by atoms with van der Waals surface area (Å²) in [6.45, 7) is 10.8. The van der Waals surface area contributed by atoms with E-state index in [0.29, 0.717) is 5.92 Å². The maximum Gasteiger partial charge on any atom is 0.00201 e. The van der Waals surface area contributed by atoms with Crippen molar-refractivity contribution in [3.63, 3.8) is 0 Å². The zero-order valence-electron chi connectivity index (χ0n) is 14.6. The first kappa shape index (κ1) is 17.5. The first-order valence-corrected chi connectivity index (χ1v) is 9.23. The predicted octanol–water partition coefficient (Wildman–Crippen LogP) is 4.28. The van der Waals surface area contributed by atoms with Gasteiger partial charge in [-0.3, -0.25) is 0 Å². The van der Waals surface area contributed by atoms with Crippen LogP contribution in [0.2, 0.25) is 0 Å². The van der Waals surface area contributed by atoms with Crippen molar-refractivity contribution in [1.29, 1.82) is 0 Å². The molecular weight excluding hydrogens is 268 g/mol. The number of benzene rings is 1. The van der Waals surface area contributed by atoms with E-state index >= 15 is 0 Å². The second-order valence-corrected chi connectivity index (χ2v) is 7.19. The summed E-state index contributed by atoms with van der Waals surface area (Å²) in [7, 11) is 0. The number of likely N-dealkylation sites (tertiary alicyclic amines) is 1. The molecule has 0 amide bonds. The molecule has 0 spiro atoms. The van der Waals surface area contributed by atoms with E-state index in [1.165, 1.54) is 57.3 Å². The molecule has 2 heteroatoms. The maximum atomic E-state index is 3.70. The SMILES string of the molecule is CC(C)CCC(CNCCCN1CCCC1)c1ccccc1. The van der Waals surface area contributed by atoms with Crippen LogP contribution in [0, 0.1) is 5.92 Å². The van der Waals surface area contributed by atoms with Gasteiger partial charge < -0.3 is 10.2 Å². The fraction of sp³-hybridized carbons (Fsp3) is 0.700. The van der Waals surface area contributed by atoms with Gasteiger partial charge in [0, 0.05) is 6.54 Å². The Balaban J connectivity index is 1.69. The molecule has 1 N–H and O–H groups in total. The molecule has 1 fully saturated rings. The van der Waals surface area contributed by atoms with Crippen LogP contribution in [-0.2, 0) is 0 Å². The molecular formula is C20H34N2. The minimum atomic E-state index is 0.662. The summed E-state index contributed by atoms with van der Waals surface area (Å²) < 4.78 is 0. The summed E-state index contributed by atoms with van der Waals surface area (Å²) in [6, 6.07) is 11.0. The van der Waals surface area contributed by atoms with Crippen LogP contribution < -0.4 is 5.32 Å². The van der Waals surface area contributed by atoms with Crippen LogP contribution >= 0.6 is 0 Å². The molecule has 1 unspecified atom stereocenters. The Bertz CT molecular complexity index is 382. The quantitative estimate of drug-likeness (QED) is 0.649. The van der Waals surface area contributed by atoms with Gasteiger partial charge >= 0.3 is 0 Å². The Kier molecular flexibility index (Phi) is 7.96. The molecule has 1 saturated heterocycles. The molecule has 1 atom stereocenters. The van der Waals surface area contributed by atoms with E-state index in [4.69, 9.17) is 0 Å². The number of hydrogen-bond donors (Lipinski definition) is 1. The van der Waals surface area contributed by atoms with Gasteiger partial charge in [-0.15, -0.1) is 0 Å². The molecule has 1 aliphatic heterocycles. The standard InChI is InChI=1S/C20H34N2/c1-18(2)11-12-20(19-9-4-3-5-10-19)17-21-13-8-16-22-14-6-7-15-22/h3-5,9-10,18,20-21H,6-8,11-17H2,1-2H3. The van der Waals surface area contributed by atoms with Crippen LogP contribution in [-0.4, -0.2) is 37.6 Å². The van der Waals surface area contributed by atoms with E-state index in [9.17, 15) is 0 Å². The first-order chi connectivity index (χ1) is 10.8. The zero-order chi connectivity index (χ0) is 15.6. The third-order valence-corrected chi connectivity index (χ3v) is 4.78. The van der Waals surface area contributed by atoms with Crippen molar-refractivity contribution in [2.45, 2.75) is 51.9 Å². The average molecular weight is 303 g/mol. The topological polar surface area (TPSA) is 15.3 Å². The van der Waals surface area contributed by atoms with Crippen LogP contribution in [0.1, 0.15) is 57.4 Å². The predicted molar refractivity (Wildman–Crippen MR) is 96.4 cm³/mol. The van der Waals surface area contributed by atoms with Crippen LogP contribution in [0.4, 0.5) is 0 Å². The third kappa shape index (κ3) is 6.50. The summed E-state index contributed by atoms with van der Waals surface area (Å²) in [5.41, 5.74) is 1.50. The molecule has 1 aromatic rings. The highest BCUT2D eigenvalue weighted by Gasteiger charge is 2.13. The highest BCUT2D eigenvalue weighted by molar-refractivity contribution is 5.19. The molecule has 0 bridgehead atoms. The Hall–Kier alpha value is -0.860. The molecule has 0 saturated carbocycles. The van der Waals surface area contributed by atoms with E-state index in [1.807, 2.05) is 0 Å². The molecule has 1 heterocycles. The molecule has 22 heavy (non-hydrogen) atoms. The molecule has 1 aliphatic rings. The van der Waals surface area contributed by atoms with Crippen molar-refractivity contribution in [1.82, 2.24) is 10.2 Å². The van der Waals surface area contributed by atoms with E-state index in [2.05, 4.69) is 54.4 Å². The van der Waals surface area contributed by atoms with Gasteiger partial charge in [-0.1, -0.05) is 50.6 Å². The summed E-state index contributed by atoms with van der Waals surface area (Å²) in [6.07, 6.45) is 6.69. The maximum absolute atomic E-state index is 3.70. The molecule has 0 radical (unpaired) electrons. The lowest BCUT2D eigenvalue weighted by Gasteiger charge is -2.20. The summed E-state index contributed by atoms with van der Waals surface area (Å²) >= 11 is 0. The lowest BCUT2D eigenvalue weighted by atomic mass is 9.91. The van der Waals surface area contributed by atoms with Gasteiger partial charge in [-0.2, -0.15) is 0 Å². The van der Waals surface area contributed by atoms with Gasteiger partial charge in [-0.05, 0) is 69.3 Å². The lowest BCUT2D eigenvalue weighted by molar-refractivity contribution is 0.330. The van der Waals surface area contributed by atoms with Gasteiger partial charge in [0.25, 0.3) is 0 Å². The Morgan fingerprint density at radius 1 is 1.05 bits per heavy atom. The first-order valence-electron chi connectivity index (χ1n) is 9.23. The third-order valence-electron chi connectivity index (χ3n) is 4.78. The van der Waals surface area contributed by atoms with Crippen molar-refractivity contribution in [2.75, 3.05) is 32.7 Å². The Labute approximate surface area is 137 Å². The van der Waals surface area contributed by atoms with Gasteiger partial charge in [0.05, 0.1) is 0 Å². The molecule has 2 rings (SSSR count). The lowest BCUT2D eigenvalue weighted by Crippen LogP contribution is -2.27. The second-order valence-electron chi connectivity index (χ2n) is 7.19. The van der Waals surface area contributed by atoms with Crippen molar-refractivity contribution in [3.05, 3.63) is 35.9 Å². The van der Waals surface area contributed by atoms with Gasteiger partial charge in [0.15, 0.2) is 0 Å². The minimum Gasteiger partial charge on any atom is -0.316 e. The summed E-state index contributed by atoms with van der Waals surface area (Å²) in [5.74, 6) is 1.46. The van der Waals surface area contributed by atoms with Crippen LogP contribution in [0.3, 0.4) is 0 Å². The van der Waals surface area contributed by atoms with E-state index < -0.39 is 0 Å². The molecule has 124 valence electrons. The smallest absolute Gasteiger partial charge is 0.00201 e. The highest BCUT2D eigenvalue weighted by Crippen LogP contribution is 2.22. The van der Waals surface area contributed by atoms with Crippen LogP contribution in [0.15, 0.2) is 30.3 Å². The summed E-state index contributed by atoms with van der Waals surface area (Å²) in [5, 5.41) is 3.70. The molecule has 1 aromatic carbocycles. The zero-order valence-corrected chi connectivity index (χ0v) is 14.6. The Morgan fingerprint density at radius 3 is 2.45 bits per heavy atom. The highest BCUT2D eigenvalue weighted by atomic mass is 15.1. The van der Waals surface area contributed by atoms with Crippen molar-refractivity contribution in [2.24, 2.45) is 5.92 Å².